The maximum atomic E-state index is 12.6. The highest BCUT2D eigenvalue weighted by Gasteiger charge is 2.23. The molecule has 0 N–H and O–H groups in total. The zero-order chi connectivity index (χ0) is 22.6. The zero-order valence-electron chi connectivity index (χ0n) is 17.7. The van der Waals surface area contributed by atoms with Gasteiger partial charge in [-0.15, -0.1) is 10.2 Å². The maximum Gasteiger partial charge on any atom is 0.248 e. The van der Waals surface area contributed by atoms with Crippen molar-refractivity contribution in [1.29, 1.82) is 0 Å². The van der Waals surface area contributed by atoms with Gasteiger partial charge >= 0.3 is 0 Å². The van der Waals surface area contributed by atoms with Crippen LogP contribution in [0.2, 0.25) is 5.02 Å². The lowest BCUT2D eigenvalue weighted by atomic mass is 10.2. The number of nitrogens with zero attached hydrogens (tertiary/aromatic N) is 6. The van der Waals surface area contributed by atoms with Gasteiger partial charge in [0.2, 0.25) is 29.4 Å². The quantitative estimate of drug-likeness (QED) is 0.390. The fourth-order valence-electron chi connectivity index (χ4n) is 3.61. The standard InChI is InChI=1S/C22H21ClN6O3S/c23-17-3-1-15(2-4-17)21-24-19(32-27-21)13-28-8-10-29(11-9-28)20(30)6-5-18-25-26-22(31-18)16-7-12-33-14-16/h1-4,7,12,14H,5-6,8-11,13H2. The van der Waals surface area contributed by atoms with Crippen molar-refractivity contribution >= 4 is 28.8 Å². The van der Waals surface area contributed by atoms with Crippen molar-refractivity contribution in [3.05, 3.63) is 57.9 Å². The number of benzene rings is 1. The van der Waals surface area contributed by atoms with Crippen LogP contribution in [0.3, 0.4) is 0 Å². The molecule has 1 fully saturated rings. The maximum absolute atomic E-state index is 12.6. The molecule has 170 valence electrons. The van der Waals surface area contributed by atoms with Crippen LogP contribution in [0.15, 0.2) is 50.0 Å². The topological polar surface area (TPSA) is 101 Å². The first kappa shape index (κ1) is 21.7. The highest BCUT2D eigenvalue weighted by molar-refractivity contribution is 7.08. The van der Waals surface area contributed by atoms with E-state index in [-0.39, 0.29) is 5.91 Å². The smallest absolute Gasteiger partial charge is 0.248 e. The predicted molar refractivity (Wildman–Crippen MR) is 123 cm³/mol. The van der Waals surface area contributed by atoms with E-state index >= 15 is 0 Å². The van der Waals surface area contributed by atoms with Crippen molar-refractivity contribution < 1.29 is 13.7 Å². The molecule has 1 aromatic carbocycles. The Kier molecular flexibility index (Phi) is 6.47. The van der Waals surface area contributed by atoms with Gasteiger partial charge in [0.05, 0.1) is 6.54 Å². The van der Waals surface area contributed by atoms with E-state index < -0.39 is 0 Å². The molecule has 0 aliphatic carbocycles. The third kappa shape index (κ3) is 5.29. The van der Waals surface area contributed by atoms with E-state index in [1.165, 1.54) is 0 Å². The molecular weight excluding hydrogens is 464 g/mol. The molecule has 33 heavy (non-hydrogen) atoms. The predicted octanol–water partition coefficient (Wildman–Crippen LogP) is 3.78. The monoisotopic (exact) mass is 484 g/mol. The number of hydrogen-bond donors (Lipinski definition) is 0. The molecule has 0 saturated carbocycles. The van der Waals surface area contributed by atoms with Gasteiger partial charge in [0.25, 0.3) is 0 Å². The van der Waals surface area contributed by atoms with Gasteiger partial charge < -0.3 is 13.8 Å². The van der Waals surface area contributed by atoms with E-state index in [0.29, 0.717) is 61.0 Å². The Bertz CT molecular complexity index is 1200. The summed E-state index contributed by atoms with van der Waals surface area (Å²) in [7, 11) is 0. The molecule has 0 unspecified atom stereocenters. The Hall–Kier alpha value is -3.08. The van der Waals surface area contributed by atoms with Gasteiger partial charge in [0.1, 0.15) is 0 Å². The first-order valence-corrected chi connectivity index (χ1v) is 11.9. The summed E-state index contributed by atoms with van der Waals surface area (Å²) >= 11 is 7.50. The Morgan fingerprint density at radius 3 is 2.61 bits per heavy atom. The lowest BCUT2D eigenvalue weighted by Crippen LogP contribution is -2.48. The number of aryl methyl sites for hydroxylation is 1. The van der Waals surface area contributed by atoms with Gasteiger partial charge in [-0.2, -0.15) is 16.3 Å². The van der Waals surface area contributed by atoms with E-state index in [0.717, 1.165) is 24.2 Å². The van der Waals surface area contributed by atoms with Crippen LogP contribution >= 0.6 is 22.9 Å². The SMILES string of the molecule is O=C(CCc1nnc(-c2ccsc2)o1)N1CCN(Cc2nc(-c3ccc(Cl)cc3)no2)CC1. The molecule has 0 radical (unpaired) electrons. The third-order valence-electron chi connectivity index (χ3n) is 5.44. The summed E-state index contributed by atoms with van der Waals surface area (Å²) in [5.74, 6) is 2.16. The van der Waals surface area contributed by atoms with Crippen molar-refractivity contribution in [2.45, 2.75) is 19.4 Å². The Morgan fingerprint density at radius 2 is 1.85 bits per heavy atom. The van der Waals surface area contributed by atoms with Gasteiger partial charge in [0, 0.05) is 60.6 Å². The van der Waals surface area contributed by atoms with Crippen molar-refractivity contribution in [3.63, 3.8) is 0 Å². The molecule has 9 nitrogen and oxygen atoms in total. The number of carbonyl (C=O) groups is 1. The number of thiophene rings is 1. The summed E-state index contributed by atoms with van der Waals surface area (Å²) in [6.45, 7) is 3.35. The van der Waals surface area contributed by atoms with Crippen LogP contribution in [0.1, 0.15) is 18.2 Å². The summed E-state index contributed by atoms with van der Waals surface area (Å²) < 4.78 is 11.1. The molecule has 1 aliphatic heterocycles. The summed E-state index contributed by atoms with van der Waals surface area (Å²) in [4.78, 5) is 21.2. The van der Waals surface area contributed by atoms with Crippen LogP contribution in [-0.2, 0) is 17.8 Å². The van der Waals surface area contributed by atoms with E-state index in [9.17, 15) is 4.79 Å². The largest absolute Gasteiger partial charge is 0.421 e. The molecule has 4 heterocycles. The fraction of sp³-hybridized carbons (Fsp3) is 0.318. The van der Waals surface area contributed by atoms with Gasteiger partial charge in [-0.05, 0) is 35.7 Å². The van der Waals surface area contributed by atoms with Crippen LogP contribution in [-0.4, -0.2) is 62.2 Å². The van der Waals surface area contributed by atoms with Gasteiger partial charge in [-0.3, -0.25) is 9.69 Å². The van der Waals surface area contributed by atoms with Crippen LogP contribution in [0.4, 0.5) is 0 Å². The first-order valence-electron chi connectivity index (χ1n) is 10.6. The summed E-state index contributed by atoms with van der Waals surface area (Å²) in [5.41, 5.74) is 1.76. The highest BCUT2D eigenvalue weighted by Crippen LogP contribution is 2.21. The summed E-state index contributed by atoms with van der Waals surface area (Å²) in [5, 5.41) is 16.7. The van der Waals surface area contributed by atoms with Crippen LogP contribution in [0, 0.1) is 0 Å². The second-order valence-electron chi connectivity index (χ2n) is 7.69. The number of carbonyl (C=O) groups excluding carboxylic acids is 1. The first-order chi connectivity index (χ1) is 16.1. The van der Waals surface area contributed by atoms with E-state index in [4.69, 9.17) is 20.5 Å². The molecule has 0 atom stereocenters. The van der Waals surface area contributed by atoms with Crippen molar-refractivity contribution in [1.82, 2.24) is 30.1 Å². The van der Waals surface area contributed by atoms with Gasteiger partial charge in [-0.1, -0.05) is 16.8 Å². The van der Waals surface area contributed by atoms with E-state index in [1.54, 1.807) is 23.5 Å². The van der Waals surface area contributed by atoms with Gasteiger partial charge in [-0.25, -0.2) is 0 Å². The molecule has 5 rings (SSSR count). The van der Waals surface area contributed by atoms with Crippen molar-refractivity contribution in [3.8, 4) is 22.8 Å². The average molecular weight is 485 g/mol. The summed E-state index contributed by atoms with van der Waals surface area (Å²) in [6.07, 6.45) is 0.783. The Morgan fingerprint density at radius 1 is 1.03 bits per heavy atom. The van der Waals surface area contributed by atoms with Crippen molar-refractivity contribution in [2.24, 2.45) is 0 Å². The lowest BCUT2D eigenvalue weighted by Gasteiger charge is -2.33. The minimum absolute atomic E-state index is 0.0905. The number of hydrogen-bond acceptors (Lipinski definition) is 9. The molecule has 0 spiro atoms. The fourth-order valence-corrected chi connectivity index (χ4v) is 4.37. The number of halogens is 1. The second kappa shape index (κ2) is 9.82. The molecular formula is C22H21ClN6O3S. The third-order valence-corrected chi connectivity index (χ3v) is 6.38. The highest BCUT2D eigenvalue weighted by atomic mass is 35.5. The Balaban J connectivity index is 1.08. The molecule has 3 aromatic heterocycles. The number of rotatable bonds is 7. The van der Waals surface area contributed by atoms with Gasteiger partial charge in [0.15, 0.2) is 0 Å². The average Bonchev–Trinajstić information content (AvgIpc) is 3.60. The number of aromatic nitrogens is 4. The van der Waals surface area contributed by atoms with E-state index in [1.807, 2.05) is 33.9 Å². The molecule has 1 saturated heterocycles. The minimum Gasteiger partial charge on any atom is -0.421 e. The number of amides is 1. The van der Waals surface area contributed by atoms with E-state index in [2.05, 4.69) is 25.2 Å². The zero-order valence-corrected chi connectivity index (χ0v) is 19.3. The van der Waals surface area contributed by atoms with Crippen LogP contribution < -0.4 is 0 Å². The lowest BCUT2D eigenvalue weighted by molar-refractivity contribution is -0.133. The second-order valence-corrected chi connectivity index (χ2v) is 8.90. The van der Waals surface area contributed by atoms with Crippen LogP contribution in [0.25, 0.3) is 22.8 Å². The normalized spacial score (nSPS) is 14.6. The molecule has 4 aromatic rings. The van der Waals surface area contributed by atoms with Crippen LogP contribution in [0.5, 0.6) is 0 Å². The molecule has 11 heteroatoms. The van der Waals surface area contributed by atoms with Crippen molar-refractivity contribution in [2.75, 3.05) is 26.2 Å². The molecule has 1 aliphatic rings. The summed E-state index contributed by atoms with van der Waals surface area (Å²) in [6, 6.07) is 9.24. The minimum atomic E-state index is 0.0905. The molecule has 1 amide bonds. The number of piperazine rings is 1. The Labute approximate surface area is 199 Å². The molecule has 0 bridgehead atoms.